The fraction of sp³-hybridized carbons (Fsp3) is 0.167. The van der Waals surface area contributed by atoms with Crippen molar-refractivity contribution in [3.05, 3.63) is 64.6 Å². The Morgan fingerprint density at radius 3 is 2.59 bits per heavy atom. The van der Waals surface area contributed by atoms with E-state index in [1.165, 1.54) is 27.6 Å². The zero-order chi connectivity index (χ0) is 18.8. The molecule has 4 rings (SSSR count). The van der Waals surface area contributed by atoms with Gasteiger partial charge in [0.1, 0.15) is 15.9 Å². The monoisotopic (exact) mass is 399 g/mol. The van der Waals surface area contributed by atoms with Gasteiger partial charge in [-0.15, -0.1) is 11.3 Å². The van der Waals surface area contributed by atoms with Crippen molar-refractivity contribution in [3.8, 4) is 10.6 Å². The molecule has 0 aromatic carbocycles. The molecule has 3 aromatic rings. The summed E-state index contributed by atoms with van der Waals surface area (Å²) in [5.41, 5.74) is 1.55. The highest BCUT2D eigenvalue weighted by Gasteiger charge is 2.33. The number of carbonyl (C=O) groups excluding carboxylic acids is 2. The van der Waals surface area contributed by atoms with Gasteiger partial charge in [-0.25, -0.2) is 20.0 Å². The fourth-order valence-electron chi connectivity index (χ4n) is 2.81. The predicted octanol–water partition coefficient (Wildman–Crippen LogP) is 3.16. The van der Waals surface area contributed by atoms with Crippen LogP contribution in [0.1, 0.15) is 27.3 Å². The first kappa shape index (κ1) is 17.6. The SMILES string of the molecule is O=C(c1ccc(Cl)nc1)N1CCCN1C(=O)c1csc(-c2cccnc2)n1. The number of aromatic nitrogens is 3. The van der Waals surface area contributed by atoms with E-state index in [0.29, 0.717) is 40.9 Å². The molecule has 1 fully saturated rings. The van der Waals surface area contributed by atoms with E-state index >= 15 is 0 Å². The Morgan fingerprint density at radius 1 is 1.07 bits per heavy atom. The minimum Gasteiger partial charge on any atom is -0.267 e. The summed E-state index contributed by atoms with van der Waals surface area (Å²) < 4.78 is 0. The van der Waals surface area contributed by atoms with E-state index in [9.17, 15) is 9.59 Å². The smallest absolute Gasteiger partial charge is 0.267 e. The fourth-order valence-corrected chi connectivity index (χ4v) is 3.71. The van der Waals surface area contributed by atoms with Gasteiger partial charge in [0.15, 0.2) is 0 Å². The van der Waals surface area contributed by atoms with Crippen LogP contribution in [0.25, 0.3) is 10.6 Å². The first-order valence-corrected chi connectivity index (χ1v) is 9.50. The molecule has 1 aliphatic heterocycles. The number of carbonyl (C=O) groups is 2. The van der Waals surface area contributed by atoms with Crippen molar-refractivity contribution in [2.45, 2.75) is 6.42 Å². The van der Waals surface area contributed by atoms with Crippen LogP contribution in [-0.2, 0) is 0 Å². The third-order valence-corrected chi connectivity index (χ3v) is 5.22. The van der Waals surface area contributed by atoms with Gasteiger partial charge in [-0.2, -0.15) is 0 Å². The lowest BCUT2D eigenvalue weighted by Crippen LogP contribution is -2.45. The van der Waals surface area contributed by atoms with Gasteiger partial charge in [0.25, 0.3) is 11.8 Å². The Labute approximate surface area is 164 Å². The second kappa shape index (κ2) is 7.42. The zero-order valence-electron chi connectivity index (χ0n) is 14.1. The van der Waals surface area contributed by atoms with Crippen molar-refractivity contribution in [2.75, 3.05) is 13.1 Å². The number of hydrogen-bond donors (Lipinski definition) is 0. The van der Waals surface area contributed by atoms with Crippen LogP contribution in [0.3, 0.4) is 0 Å². The molecule has 0 N–H and O–H groups in total. The first-order valence-electron chi connectivity index (χ1n) is 8.24. The lowest BCUT2D eigenvalue weighted by molar-refractivity contribution is 0.0182. The number of hydrogen-bond acceptors (Lipinski definition) is 6. The van der Waals surface area contributed by atoms with Crippen LogP contribution < -0.4 is 0 Å². The first-order chi connectivity index (χ1) is 13.1. The molecule has 2 amide bonds. The zero-order valence-corrected chi connectivity index (χ0v) is 15.7. The summed E-state index contributed by atoms with van der Waals surface area (Å²) in [5, 5.41) is 5.61. The number of pyridine rings is 2. The minimum absolute atomic E-state index is 0.285. The summed E-state index contributed by atoms with van der Waals surface area (Å²) in [7, 11) is 0. The van der Waals surface area contributed by atoms with Crippen LogP contribution in [0, 0.1) is 0 Å². The lowest BCUT2D eigenvalue weighted by atomic mass is 10.2. The van der Waals surface area contributed by atoms with Gasteiger partial charge in [0.05, 0.1) is 5.56 Å². The van der Waals surface area contributed by atoms with Crippen LogP contribution >= 0.6 is 22.9 Å². The lowest BCUT2D eigenvalue weighted by Gasteiger charge is -2.27. The largest absolute Gasteiger partial charge is 0.291 e. The molecule has 0 radical (unpaired) electrons. The van der Waals surface area contributed by atoms with Gasteiger partial charge in [0, 0.05) is 42.6 Å². The predicted molar refractivity (Wildman–Crippen MR) is 101 cm³/mol. The van der Waals surface area contributed by atoms with Crippen molar-refractivity contribution in [1.29, 1.82) is 0 Å². The normalized spacial score (nSPS) is 13.8. The number of rotatable bonds is 3. The van der Waals surface area contributed by atoms with Gasteiger partial charge in [-0.3, -0.25) is 14.6 Å². The maximum absolute atomic E-state index is 12.9. The van der Waals surface area contributed by atoms with Crippen molar-refractivity contribution in [2.24, 2.45) is 0 Å². The van der Waals surface area contributed by atoms with E-state index in [4.69, 9.17) is 11.6 Å². The molecule has 4 heterocycles. The molecule has 27 heavy (non-hydrogen) atoms. The Bertz CT molecular complexity index is 977. The van der Waals surface area contributed by atoms with Gasteiger partial charge in [0.2, 0.25) is 0 Å². The standard InChI is InChI=1S/C18H14ClN5O2S/c19-15-5-4-13(10-21-15)17(25)23-7-2-8-24(23)18(26)14-11-27-16(22-14)12-3-1-6-20-9-12/h1,3-6,9-11H,2,7-8H2. The highest BCUT2D eigenvalue weighted by molar-refractivity contribution is 7.13. The average Bonchev–Trinajstić information content (AvgIpc) is 3.38. The van der Waals surface area contributed by atoms with E-state index in [2.05, 4.69) is 15.0 Å². The molecule has 0 aliphatic carbocycles. The quantitative estimate of drug-likeness (QED) is 0.632. The van der Waals surface area contributed by atoms with Crippen LogP contribution in [-0.4, -0.2) is 49.9 Å². The van der Waals surface area contributed by atoms with E-state index < -0.39 is 0 Å². The topological polar surface area (TPSA) is 79.3 Å². The Balaban J connectivity index is 1.55. The van der Waals surface area contributed by atoms with Crippen LogP contribution in [0.2, 0.25) is 5.15 Å². The van der Waals surface area contributed by atoms with Gasteiger partial charge >= 0.3 is 0 Å². The summed E-state index contributed by atoms with van der Waals surface area (Å²) in [4.78, 5) is 38.1. The Hall–Kier alpha value is -2.84. The molecule has 0 atom stereocenters. The molecule has 0 saturated carbocycles. The molecule has 3 aromatic heterocycles. The minimum atomic E-state index is -0.297. The number of halogens is 1. The third-order valence-electron chi connectivity index (χ3n) is 4.11. The summed E-state index contributed by atoms with van der Waals surface area (Å²) >= 11 is 7.15. The number of hydrazine groups is 1. The van der Waals surface area contributed by atoms with Crippen molar-refractivity contribution in [1.82, 2.24) is 25.0 Å². The second-order valence-electron chi connectivity index (χ2n) is 5.86. The van der Waals surface area contributed by atoms with Gasteiger partial charge in [-0.05, 0) is 30.7 Å². The second-order valence-corrected chi connectivity index (χ2v) is 7.10. The van der Waals surface area contributed by atoms with Crippen LogP contribution in [0.5, 0.6) is 0 Å². The summed E-state index contributed by atoms with van der Waals surface area (Å²) in [5.74, 6) is -0.582. The Morgan fingerprint density at radius 2 is 1.89 bits per heavy atom. The molecular formula is C18H14ClN5O2S. The summed E-state index contributed by atoms with van der Waals surface area (Å²) in [6.45, 7) is 0.929. The molecule has 136 valence electrons. The van der Waals surface area contributed by atoms with Crippen molar-refractivity contribution in [3.63, 3.8) is 0 Å². The molecule has 9 heteroatoms. The highest BCUT2D eigenvalue weighted by Crippen LogP contribution is 2.25. The molecule has 0 bridgehead atoms. The molecule has 0 unspecified atom stereocenters. The maximum atomic E-state index is 12.9. The average molecular weight is 400 g/mol. The van der Waals surface area contributed by atoms with Crippen molar-refractivity contribution < 1.29 is 9.59 Å². The van der Waals surface area contributed by atoms with Gasteiger partial charge in [-0.1, -0.05) is 11.6 Å². The van der Waals surface area contributed by atoms with Crippen LogP contribution in [0.15, 0.2) is 48.2 Å². The number of thiazole rings is 1. The van der Waals surface area contributed by atoms with E-state index in [0.717, 1.165) is 5.56 Å². The van der Waals surface area contributed by atoms with Crippen molar-refractivity contribution >= 4 is 34.8 Å². The molecule has 0 spiro atoms. The summed E-state index contributed by atoms with van der Waals surface area (Å²) in [6.07, 6.45) is 5.50. The molecule has 1 saturated heterocycles. The van der Waals surface area contributed by atoms with E-state index in [-0.39, 0.29) is 11.8 Å². The van der Waals surface area contributed by atoms with Gasteiger partial charge < -0.3 is 0 Å². The molecule has 7 nitrogen and oxygen atoms in total. The third kappa shape index (κ3) is 3.54. The molecule has 1 aliphatic rings. The number of amides is 2. The Kier molecular flexibility index (Phi) is 4.83. The molecular weight excluding hydrogens is 386 g/mol. The summed E-state index contributed by atoms with van der Waals surface area (Å²) in [6, 6.07) is 6.86. The highest BCUT2D eigenvalue weighted by atomic mass is 35.5. The van der Waals surface area contributed by atoms with E-state index in [1.807, 2.05) is 12.1 Å². The van der Waals surface area contributed by atoms with Crippen LogP contribution in [0.4, 0.5) is 0 Å². The van der Waals surface area contributed by atoms with E-state index in [1.54, 1.807) is 29.9 Å². The maximum Gasteiger partial charge on any atom is 0.291 e. The number of nitrogens with zero attached hydrogens (tertiary/aromatic N) is 5.